The molecule has 3 rings (SSSR count). The summed E-state index contributed by atoms with van der Waals surface area (Å²) in [5, 5.41) is 4.93. The highest BCUT2D eigenvalue weighted by Crippen LogP contribution is 2.32. The summed E-state index contributed by atoms with van der Waals surface area (Å²) in [6.45, 7) is 5.83. The number of carbonyl (C=O) groups excluding carboxylic acids is 2. The number of aromatic nitrogens is 1. The number of benzene rings is 1. The Bertz CT molecular complexity index is 953. The largest absolute Gasteiger partial charge is 0.462 e. The minimum atomic E-state index is -0.385. The highest BCUT2D eigenvalue weighted by Gasteiger charge is 2.25. The first kappa shape index (κ1) is 22.1. The molecule has 0 unspecified atom stereocenters. The molecule has 1 aromatic heterocycles. The number of rotatable bonds is 6. The average molecular weight is 430 g/mol. The van der Waals surface area contributed by atoms with E-state index in [9.17, 15) is 9.59 Å². The van der Waals surface area contributed by atoms with E-state index in [0.717, 1.165) is 48.2 Å². The van der Waals surface area contributed by atoms with E-state index in [1.165, 1.54) is 6.42 Å². The molecule has 0 bridgehead atoms. The predicted octanol–water partition coefficient (Wildman–Crippen LogP) is 5.04. The standard InChI is InChI=1S/C23H28ClN3O3/c1-4-30-23(29)21-15(2)22(17-10-12-18(24)13-11-17)27(16(21)3)14-20(28)26-25-19-8-6-5-7-9-19/h10-13H,4-9,14H2,1-3H3,(H,26,28). The molecular weight excluding hydrogens is 402 g/mol. The van der Waals surface area contributed by atoms with Gasteiger partial charge in [0.25, 0.3) is 5.91 Å². The van der Waals surface area contributed by atoms with Crippen molar-refractivity contribution in [1.82, 2.24) is 9.99 Å². The van der Waals surface area contributed by atoms with E-state index < -0.39 is 0 Å². The molecule has 2 aromatic rings. The smallest absolute Gasteiger partial charge is 0.340 e. The van der Waals surface area contributed by atoms with E-state index in [0.29, 0.717) is 16.3 Å². The molecule has 0 saturated heterocycles. The van der Waals surface area contributed by atoms with Gasteiger partial charge in [0.15, 0.2) is 0 Å². The lowest BCUT2D eigenvalue weighted by atomic mass is 9.99. The van der Waals surface area contributed by atoms with Crippen LogP contribution in [0.5, 0.6) is 0 Å². The first-order valence-electron chi connectivity index (χ1n) is 10.4. The number of nitrogens with zero attached hydrogens (tertiary/aromatic N) is 2. The number of hydrazone groups is 1. The van der Waals surface area contributed by atoms with E-state index in [-0.39, 0.29) is 25.0 Å². The zero-order chi connectivity index (χ0) is 21.7. The number of carbonyl (C=O) groups is 2. The second-order valence-electron chi connectivity index (χ2n) is 7.52. The number of halogens is 1. The number of amides is 1. The minimum absolute atomic E-state index is 0.0564. The van der Waals surface area contributed by atoms with Crippen LogP contribution in [0.4, 0.5) is 0 Å². The zero-order valence-electron chi connectivity index (χ0n) is 17.8. The summed E-state index contributed by atoms with van der Waals surface area (Å²) in [5.41, 5.74) is 7.37. The van der Waals surface area contributed by atoms with Crippen LogP contribution < -0.4 is 5.43 Å². The highest BCUT2D eigenvalue weighted by atomic mass is 35.5. The Morgan fingerprint density at radius 3 is 2.43 bits per heavy atom. The highest BCUT2D eigenvalue weighted by molar-refractivity contribution is 6.30. The number of hydrogen-bond donors (Lipinski definition) is 1. The van der Waals surface area contributed by atoms with E-state index in [2.05, 4.69) is 10.5 Å². The molecule has 1 aliphatic rings. The second-order valence-corrected chi connectivity index (χ2v) is 7.96. The first-order chi connectivity index (χ1) is 14.4. The Morgan fingerprint density at radius 1 is 1.13 bits per heavy atom. The maximum absolute atomic E-state index is 12.7. The molecule has 1 aromatic carbocycles. The van der Waals surface area contributed by atoms with Crippen LogP contribution in [-0.2, 0) is 16.1 Å². The summed E-state index contributed by atoms with van der Waals surface area (Å²) >= 11 is 6.05. The van der Waals surface area contributed by atoms with Gasteiger partial charge in [0.1, 0.15) is 6.54 Å². The van der Waals surface area contributed by atoms with Gasteiger partial charge in [-0.25, -0.2) is 10.2 Å². The summed E-state index contributed by atoms with van der Waals surface area (Å²) < 4.78 is 7.10. The van der Waals surface area contributed by atoms with Crippen molar-refractivity contribution >= 4 is 29.2 Å². The molecule has 1 heterocycles. The summed E-state index contributed by atoms with van der Waals surface area (Å²) in [7, 11) is 0. The summed E-state index contributed by atoms with van der Waals surface area (Å²) in [6.07, 6.45) is 5.33. The Kier molecular flexibility index (Phi) is 7.32. The average Bonchev–Trinajstić information content (AvgIpc) is 2.98. The van der Waals surface area contributed by atoms with Crippen LogP contribution in [0.1, 0.15) is 60.6 Å². The number of nitrogens with one attached hydrogen (secondary N) is 1. The van der Waals surface area contributed by atoms with Gasteiger partial charge in [-0.15, -0.1) is 0 Å². The lowest BCUT2D eigenvalue weighted by Gasteiger charge is -2.14. The van der Waals surface area contributed by atoms with Crippen LogP contribution in [0.2, 0.25) is 5.02 Å². The maximum atomic E-state index is 12.7. The lowest BCUT2D eigenvalue weighted by Crippen LogP contribution is -2.26. The number of esters is 1. The second kappa shape index (κ2) is 9.94. The quantitative estimate of drug-likeness (QED) is 0.516. The van der Waals surface area contributed by atoms with Gasteiger partial charge in [0.05, 0.1) is 17.9 Å². The third-order valence-electron chi connectivity index (χ3n) is 5.44. The van der Waals surface area contributed by atoms with Crippen LogP contribution in [0, 0.1) is 13.8 Å². The zero-order valence-corrected chi connectivity index (χ0v) is 18.5. The summed E-state index contributed by atoms with van der Waals surface area (Å²) in [6, 6.07) is 7.36. The molecule has 7 heteroatoms. The summed E-state index contributed by atoms with van der Waals surface area (Å²) in [4.78, 5) is 25.3. The van der Waals surface area contributed by atoms with Gasteiger partial charge in [-0.2, -0.15) is 5.10 Å². The van der Waals surface area contributed by atoms with Gasteiger partial charge < -0.3 is 9.30 Å². The normalized spacial score (nSPS) is 13.8. The third-order valence-corrected chi connectivity index (χ3v) is 5.69. The maximum Gasteiger partial charge on any atom is 0.340 e. The van der Waals surface area contributed by atoms with Gasteiger partial charge in [-0.3, -0.25) is 4.79 Å². The van der Waals surface area contributed by atoms with Crippen molar-refractivity contribution in [3.05, 3.63) is 46.1 Å². The Labute approximate surface area is 182 Å². The van der Waals surface area contributed by atoms with Crippen molar-refractivity contribution in [3.63, 3.8) is 0 Å². The Morgan fingerprint density at radius 2 is 1.80 bits per heavy atom. The van der Waals surface area contributed by atoms with Crippen molar-refractivity contribution < 1.29 is 14.3 Å². The Balaban J connectivity index is 1.94. The van der Waals surface area contributed by atoms with Crippen LogP contribution in [0.3, 0.4) is 0 Å². The SMILES string of the molecule is CCOC(=O)c1c(C)c(-c2ccc(Cl)cc2)n(CC(=O)NN=C2CCCCC2)c1C. The fraction of sp³-hybridized carbons (Fsp3) is 0.435. The van der Waals surface area contributed by atoms with Crippen molar-refractivity contribution in [2.75, 3.05) is 6.61 Å². The van der Waals surface area contributed by atoms with Crippen molar-refractivity contribution in [1.29, 1.82) is 0 Å². The van der Waals surface area contributed by atoms with Gasteiger partial charge in [-0.1, -0.05) is 30.2 Å². The predicted molar refractivity (Wildman–Crippen MR) is 119 cm³/mol. The van der Waals surface area contributed by atoms with Crippen LogP contribution >= 0.6 is 11.6 Å². The van der Waals surface area contributed by atoms with Gasteiger partial charge in [-0.05, 0) is 69.7 Å². The third kappa shape index (κ3) is 4.93. The van der Waals surface area contributed by atoms with Gasteiger partial charge in [0, 0.05) is 16.4 Å². The fourth-order valence-electron chi connectivity index (χ4n) is 3.97. The molecular formula is C23H28ClN3O3. The lowest BCUT2D eigenvalue weighted by molar-refractivity contribution is -0.121. The number of ether oxygens (including phenoxy) is 1. The van der Waals surface area contributed by atoms with Gasteiger partial charge >= 0.3 is 5.97 Å². The Hall–Kier alpha value is -2.60. The molecule has 0 radical (unpaired) electrons. The van der Waals surface area contributed by atoms with Crippen molar-refractivity contribution in [3.8, 4) is 11.3 Å². The molecule has 30 heavy (non-hydrogen) atoms. The topological polar surface area (TPSA) is 72.7 Å². The van der Waals surface area contributed by atoms with E-state index in [4.69, 9.17) is 16.3 Å². The first-order valence-corrected chi connectivity index (χ1v) is 10.8. The van der Waals surface area contributed by atoms with Crippen LogP contribution in [-0.4, -0.2) is 28.8 Å². The number of hydrogen-bond acceptors (Lipinski definition) is 4. The van der Waals surface area contributed by atoms with Crippen LogP contribution in [0.15, 0.2) is 29.4 Å². The summed E-state index contributed by atoms with van der Waals surface area (Å²) in [5.74, 6) is -0.610. The van der Waals surface area contributed by atoms with Crippen LogP contribution in [0.25, 0.3) is 11.3 Å². The molecule has 6 nitrogen and oxygen atoms in total. The molecule has 1 fully saturated rings. The molecule has 0 spiro atoms. The van der Waals surface area contributed by atoms with E-state index >= 15 is 0 Å². The minimum Gasteiger partial charge on any atom is -0.462 e. The monoisotopic (exact) mass is 429 g/mol. The van der Waals surface area contributed by atoms with Crippen molar-refractivity contribution in [2.24, 2.45) is 5.10 Å². The van der Waals surface area contributed by atoms with Gasteiger partial charge in [0.2, 0.25) is 0 Å². The van der Waals surface area contributed by atoms with Crippen molar-refractivity contribution in [2.45, 2.75) is 59.4 Å². The molecule has 1 aliphatic carbocycles. The van der Waals surface area contributed by atoms with E-state index in [1.54, 1.807) is 19.1 Å². The van der Waals surface area contributed by atoms with E-state index in [1.807, 2.05) is 30.5 Å². The molecule has 160 valence electrons. The molecule has 1 saturated carbocycles. The molecule has 1 amide bonds. The molecule has 0 atom stereocenters. The molecule has 1 N–H and O–H groups in total. The molecule has 0 aliphatic heterocycles. The fourth-order valence-corrected chi connectivity index (χ4v) is 4.09.